The second kappa shape index (κ2) is 6.62. The maximum absolute atomic E-state index is 12.2. The van der Waals surface area contributed by atoms with Gasteiger partial charge >= 0.3 is 5.97 Å². The number of rotatable bonds is 4. The molecule has 130 valence electrons. The van der Waals surface area contributed by atoms with E-state index in [0.717, 1.165) is 0 Å². The number of fused-ring (bicyclic) bond motifs is 2. The molecule has 4 rings (SSSR count). The third-order valence-corrected chi connectivity index (χ3v) is 5.19. The number of imidazole rings is 1. The predicted molar refractivity (Wildman–Crippen MR) is 88.1 cm³/mol. The molecule has 1 fully saturated rings. The molecule has 3 aliphatic rings. The van der Waals surface area contributed by atoms with E-state index >= 15 is 0 Å². The Kier molecular flexibility index (Phi) is 4.71. The molecule has 1 saturated carbocycles. The molecule has 4 atom stereocenters. The van der Waals surface area contributed by atoms with E-state index in [4.69, 9.17) is 31.2 Å². The molecule has 0 radical (unpaired) electrons. The van der Waals surface area contributed by atoms with Gasteiger partial charge in [0.1, 0.15) is 6.33 Å². The highest BCUT2D eigenvalue weighted by Gasteiger charge is 2.61. The van der Waals surface area contributed by atoms with E-state index in [-0.39, 0.29) is 28.9 Å². The molecule has 1 aromatic heterocycles. The Labute approximate surface area is 145 Å². The molecule has 2 bridgehead atoms. The van der Waals surface area contributed by atoms with Gasteiger partial charge in [-0.2, -0.15) is 0 Å². The van der Waals surface area contributed by atoms with Crippen LogP contribution in [0.2, 0.25) is 0 Å². The summed E-state index contributed by atoms with van der Waals surface area (Å²) in [7, 11) is 4.53. The van der Waals surface area contributed by atoms with Crippen molar-refractivity contribution in [1.82, 2.24) is 9.55 Å². The van der Waals surface area contributed by atoms with E-state index in [1.807, 2.05) is 12.2 Å². The lowest BCUT2D eigenvalue weighted by Crippen LogP contribution is -2.64. The van der Waals surface area contributed by atoms with Gasteiger partial charge in [0.05, 0.1) is 13.0 Å². The number of hydrogen-bond acceptors (Lipinski definition) is 7. The summed E-state index contributed by atoms with van der Waals surface area (Å²) in [5, 5.41) is 0.223. The van der Waals surface area contributed by atoms with E-state index < -0.39 is 11.9 Å². The fourth-order valence-electron chi connectivity index (χ4n) is 3.72. The fourth-order valence-corrected chi connectivity index (χ4v) is 3.93. The SMILES string of the molecule is COC(=O)C1CC2C=CC1C(OC(=S)n1ccnc1)C2(OC)OC. The van der Waals surface area contributed by atoms with Gasteiger partial charge in [-0.05, 0) is 18.6 Å². The molecular weight excluding hydrogens is 332 g/mol. The molecule has 24 heavy (non-hydrogen) atoms. The zero-order valence-corrected chi connectivity index (χ0v) is 14.6. The minimum absolute atomic E-state index is 0.141. The quantitative estimate of drug-likeness (QED) is 0.351. The van der Waals surface area contributed by atoms with E-state index in [2.05, 4.69) is 4.98 Å². The summed E-state index contributed by atoms with van der Waals surface area (Å²) in [6, 6.07) is 0. The highest BCUT2D eigenvalue weighted by molar-refractivity contribution is 7.80. The monoisotopic (exact) mass is 352 g/mol. The van der Waals surface area contributed by atoms with Crippen LogP contribution < -0.4 is 0 Å². The minimum Gasteiger partial charge on any atom is -0.469 e. The Morgan fingerprint density at radius 1 is 1.29 bits per heavy atom. The van der Waals surface area contributed by atoms with Gasteiger partial charge in [-0.3, -0.25) is 9.36 Å². The van der Waals surface area contributed by atoms with Crippen LogP contribution in [0.3, 0.4) is 0 Å². The summed E-state index contributed by atoms with van der Waals surface area (Å²) >= 11 is 5.35. The Hall–Kier alpha value is -1.77. The second-order valence-corrected chi connectivity index (χ2v) is 6.19. The normalized spacial score (nSPS) is 30.1. The average molecular weight is 352 g/mol. The average Bonchev–Trinajstić information content (AvgIpc) is 3.16. The molecule has 1 heterocycles. The predicted octanol–water partition coefficient (Wildman–Crippen LogP) is 1.39. The van der Waals surface area contributed by atoms with Gasteiger partial charge in [-0.15, -0.1) is 0 Å². The van der Waals surface area contributed by atoms with Crippen molar-refractivity contribution in [3.05, 3.63) is 30.9 Å². The first-order valence-corrected chi connectivity index (χ1v) is 8.03. The molecule has 0 aliphatic heterocycles. The highest BCUT2D eigenvalue weighted by Crippen LogP contribution is 2.50. The van der Waals surface area contributed by atoms with Gasteiger partial charge in [0.2, 0.25) is 5.79 Å². The smallest absolute Gasteiger partial charge is 0.309 e. The highest BCUT2D eigenvalue weighted by atomic mass is 32.1. The second-order valence-electron chi connectivity index (χ2n) is 5.84. The van der Waals surface area contributed by atoms with Crippen LogP contribution in [0.5, 0.6) is 0 Å². The van der Waals surface area contributed by atoms with Crippen molar-refractivity contribution < 1.29 is 23.7 Å². The van der Waals surface area contributed by atoms with Crippen LogP contribution >= 0.6 is 12.2 Å². The van der Waals surface area contributed by atoms with Crippen molar-refractivity contribution in [3.63, 3.8) is 0 Å². The largest absolute Gasteiger partial charge is 0.469 e. The minimum atomic E-state index is -1.01. The van der Waals surface area contributed by atoms with E-state index in [9.17, 15) is 4.79 Å². The standard InChI is InChI=1S/C16H20N2O5S/c1-20-14(19)12-8-10-4-5-11(12)13(16(10,21-2)22-3)23-15(24)18-7-6-17-9-18/h4-7,9-13H,8H2,1-3H3. The van der Waals surface area contributed by atoms with E-state index in [1.54, 1.807) is 37.5 Å². The number of esters is 1. The summed E-state index contributed by atoms with van der Waals surface area (Å²) in [6.07, 6.45) is 8.84. The van der Waals surface area contributed by atoms with Gasteiger partial charge in [0.25, 0.3) is 5.17 Å². The van der Waals surface area contributed by atoms with Crippen LogP contribution in [0, 0.1) is 17.8 Å². The maximum Gasteiger partial charge on any atom is 0.309 e. The van der Waals surface area contributed by atoms with Gasteiger partial charge in [-0.1, -0.05) is 12.2 Å². The number of methoxy groups -OCH3 is 3. The molecule has 0 spiro atoms. The number of hydrogen-bond donors (Lipinski definition) is 0. The number of carbonyl (C=O) groups excluding carboxylic acids is 1. The van der Waals surface area contributed by atoms with Crippen molar-refractivity contribution in [1.29, 1.82) is 0 Å². The lowest BCUT2D eigenvalue weighted by Gasteiger charge is -2.53. The summed E-state index contributed by atoms with van der Waals surface area (Å²) in [5.74, 6) is -1.99. The zero-order chi connectivity index (χ0) is 17.3. The number of aromatic nitrogens is 2. The van der Waals surface area contributed by atoms with Crippen LogP contribution in [0.4, 0.5) is 0 Å². The number of carbonyl (C=O) groups is 1. The first kappa shape index (κ1) is 17.1. The first-order valence-electron chi connectivity index (χ1n) is 7.62. The van der Waals surface area contributed by atoms with Crippen LogP contribution in [0.1, 0.15) is 6.42 Å². The maximum atomic E-state index is 12.2. The fraction of sp³-hybridized carbons (Fsp3) is 0.562. The Balaban J connectivity index is 1.93. The number of thiocarbonyl (C=S) groups is 1. The third-order valence-electron chi connectivity index (χ3n) is 4.89. The summed E-state index contributed by atoms with van der Waals surface area (Å²) in [5.41, 5.74) is 0. The summed E-state index contributed by atoms with van der Waals surface area (Å²) < 4.78 is 24.0. The lowest BCUT2D eigenvalue weighted by molar-refractivity contribution is -0.305. The first-order chi connectivity index (χ1) is 11.6. The van der Waals surface area contributed by atoms with Crippen molar-refractivity contribution in [2.45, 2.75) is 18.3 Å². The lowest BCUT2D eigenvalue weighted by atomic mass is 9.63. The molecule has 3 aliphatic carbocycles. The molecule has 0 saturated heterocycles. The van der Waals surface area contributed by atoms with Gasteiger partial charge in [-0.25, -0.2) is 4.98 Å². The van der Waals surface area contributed by atoms with Crippen molar-refractivity contribution in [2.75, 3.05) is 21.3 Å². The molecular formula is C16H20N2O5S. The van der Waals surface area contributed by atoms with Crippen LogP contribution in [-0.4, -0.2) is 53.9 Å². The van der Waals surface area contributed by atoms with Crippen LogP contribution in [0.25, 0.3) is 0 Å². The van der Waals surface area contributed by atoms with E-state index in [0.29, 0.717) is 6.42 Å². The molecule has 7 nitrogen and oxygen atoms in total. The van der Waals surface area contributed by atoms with Crippen LogP contribution in [0.15, 0.2) is 30.9 Å². The number of ether oxygens (including phenoxy) is 4. The Bertz CT molecular complexity index is 641. The molecule has 0 aromatic carbocycles. The summed E-state index contributed by atoms with van der Waals surface area (Å²) in [4.78, 5) is 16.1. The Morgan fingerprint density at radius 3 is 2.62 bits per heavy atom. The molecule has 4 unspecified atom stereocenters. The molecule has 1 aromatic rings. The molecule has 8 heteroatoms. The molecule has 0 N–H and O–H groups in total. The number of nitrogens with zero attached hydrogens (tertiary/aromatic N) is 2. The molecule has 0 amide bonds. The third kappa shape index (κ3) is 2.54. The summed E-state index contributed by atoms with van der Waals surface area (Å²) in [6.45, 7) is 0. The van der Waals surface area contributed by atoms with Crippen molar-refractivity contribution in [2.24, 2.45) is 17.8 Å². The Morgan fingerprint density at radius 2 is 2.04 bits per heavy atom. The van der Waals surface area contributed by atoms with Crippen molar-refractivity contribution >= 4 is 23.4 Å². The topological polar surface area (TPSA) is 71.8 Å². The van der Waals surface area contributed by atoms with E-state index in [1.165, 1.54) is 7.11 Å². The van der Waals surface area contributed by atoms with Gasteiger partial charge in [0.15, 0.2) is 6.10 Å². The van der Waals surface area contributed by atoms with Crippen LogP contribution in [-0.2, 0) is 23.7 Å². The zero-order valence-electron chi connectivity index (χ0n) is 13.7. The van der Waals surface area contributed by atoms with Gasteiger partial charge < -0.3 is 18.9 Å². The van der Waals surface area contributed by atoms with Gasteiger partial charge in [0, 0.05) is 38.4 Å². The van der Waals surface area contributed by atoms with Crippen molar-refractivity contribution in [3.8, 4) is 0 Å².